The van der Waals surface area contributed by atoms with E-state index >= 15 is 0 Å². The number of hydrogen-bond donors (Lipinski definition) is 2. The maximum atomic E-state index is 10.2. The van der Waals surface area contributed by atoms with Gasteiger partial charge in [-0.3, -0.25) is 0 Å². The molecule has 0 radical (unpaired) electrons. The van der Waals surface area contributed by atoms with Gasteiger partial charge in [0.2, 0.25) is 0 Å². The van der Waals surface area contributed by atoms with Gasteiger partial charge in [-0.1, -0.05) is 198 Å². The molecule has 5 aromatic rings. The molecule has 7 heteroatoms. The molecule has 1 saturated heterocycles. The number of aromatic hydroxyl groups is 2. The number of rotatable bonds is 6. The zero-order valence-corrected chi connectivity index (χ0v) is 40.9. The van der Waals surface area contributed by atoms with Crippen molar-refractivity contribution in [3.8, 4) is 11.5 Å². The van der Waals surface area contributed by atoms with Crippen molar-refractivity contribution in [2.75, 3.05) is 13.2 Å². The monoisotopic (exact) mass is 883 g/mol. The summed E-state index contributed by atoms with van der Waals surface area (Å²) in [6, 6.07) is 38.7. The first kappa shape index (κ1) is 54.2. The van der Waals surface area contributed by atoms with Gasteiger partial charge in [0.1, 0.15) is 17.1 Å². The fraction of sp³-hybridized carbons (Fsp3) is 0.436. The van der Waals surface area contributed by atoms with Crippen molar-refractivity contribution in [3.63, 3.8) is 0 Å². The molecule has 336 valence electrons. The van der Waals surface area contributed by atoms with E-state index < -0.39 is 5.60 Å². The second-order valence-electron chi connectivity index (χ2n) is 20.0. The quantitative estimate of drug-likeness (QED) is 0.101. The number of phenols is 2. The second kappa shape index (κ2) is 23.7. The Kier molecular flexibility index (Phi) is 20.7. The van der Waals surface area contributed by atoms with Gasteiger partial charge in [-0.15, -0.1) is 13.1 Å². The summed E-state index contributed by atoms with van der Waals surface area (Å²) in [5.74, 6) is 0.584. The van der Waals surface area contributed by atoms with Crippen LogP contribution in [0.25, 0.3) is 11.5 Å². The van der Waals surface area contributed by atoms with Gasteiger partial charge in [0.05, 0.1) is 0 Å². The van der Waals surface area contributed by atoms with Crippen molar-refractivity contribution in [2.45, 2.75) is 143 Å². The standard InChI is InChI=1S/C20H17O.2C15H24NO.C5H10O.Mn/c1-21-20(17-11-5-2-6-12-17,18-13-7-3-8-14-18)19-15-9-4-10-16-19;2*1-14(2,3)11-7-10(9-16)13(17)12(8-11)15(4,5)6;1-2-4-6-5-3-1;/h2-16H,1H2;2*7-8,16-17H,9H2,1-6H3;1-5H2;/q3*-1;;+3. The molecular weight excluding hydrogens is 808 g/mol. The van der Waals surface area contributed by atoms with Gasteiger partial charge in [-0.2, -0.15) is 0 Å². The molecular formula is C55H75MnN2O4. The third-order valence-corrected chi connectivity index (χ3v) is 10.9. The molecule has 4 N–H and O–H groups in total. The summed E-state index contributed by atoms with van der Waals surface area (Å²) in [6.07, 6.45) is 3.93. The average molecular weight is 883 g/mol. The van der Waals surface area contributed by atoms with E-state index in [1.165, 1.54) is 30.4 Å². The van der Waals surface area contributed by atoms with Crippen LogP contribution in [0.2, 0.25) is 0 Å². The molecule has 1 heterocycles. The molecule has 5 aromatic carbocycles. The zero-order chi connectivity index (χ0) is 45.6. The van der Waals surface area contributed by atoms with E-state index in [1.807, 2.05) is 66.7 Å². The Bertz CT molecular complexity index is 1860. The zero-order valence-electron chi connectivity index (χ0n) is 39.7. The van der Waals surface area contributed by atoms with Crippen molar-refractivity contribution in [1.82, 2.24) is 0 Å². The fourth-order valence-corrected chi connectivity index (χ4v) is 7.12. The van der Waals surface area contributed by atoms with E-state index in [1.54, 1.807) is 0 Å². The van der Waals surface area contributed by atoms with E-state index in [0.29, 0.717) is 11.5 Å². The van der Waals surface area contributed by atoms with E-state index in [4.69, 9.17) is 20.9 Å². The minimum Gasteiger partial charge on any atom is -0.674 e. The number of hydrogen-bond acceptors (Lipinski definition) is 4. The van der Waals surface area contributed by atoms with E-state index in [9.17, 15) is 10.2 Å². The summed E-state index contributed by atoms with van der Waals surface area (Å²) in [5, 5.41) is 20.4. The van der Waals surface area contributed by atoms with Crippen LogP contribution in [0.3, 0.4) is 0 Å². The molecule has 0 bridgehead atoms. The van der Waals surface area contributed by atoms with Crippen LogP contribution >= 0.6 is 0 Å². The molecule has 1 fully saturated rings. The summed E-state index contributed by atoms with van der Waals surface area (Å²) in [6.45, 7) is 27.7. The van der Waals surface area contributed by atoms with Crippen LogP contribution in [0.5, 0.6) is 11.5 Å². The predicted molar refractivity (Wildman–Crippen MR) is 257 cm³/mol. The topological polar surface area (TPSA) is 107 Å². The molecule has 0 aromatic heterocycles. The SMILES string of the molecule is C1CCOCC1.CC(C)(C)c1cc(C[NH-])c(O)c(C(C)(C)C)c1.CC(C)(C)c1cc(C[NH-])c(O)c(C(C)(C)C)c1.[CH2-]OC(c1ccccc1)(c1ccccc1)c1ccccc1.[Mn+3]. The minimum absolute atomic E-state index is 0. The van der Waals surface area contributed by atoms with E-state index in [2.05, 4.69) is 139 Å². The van der Waals surface area contributed by atoms with Gasteiger partial charge >= 0.3 is 17.1 Å². The first-order valence-electron chi connectivity index (χ1n) is 21.7. The maximum absolute atomic E-state index is 10.2. The average Bonchev–Trinajstić information content (AvgIpc) is 3.22. The molecule has 1 aliphatic rings. The summed E-state index contributed by atoms with van der Waals surface area (Å²) < 4.78 is 10.9. The predicted octanol–water partition coefficient (Wildman–Crippen LogP) is 15.0. The van der Waals surface area contributed by atoms with Crippen molar-refractivity contribution in [2.24, 2.45) is 0 Å². The summed E-state index contributed by atoms with van der Waals surface area (Å²) in [4.78, 5) is 0. The molecule has 62 heavy (non-hydrogen) atoms. The fourth-order valence-electron chi connectivity index (χ4n) is 7.12. The first-order valence-corrected chi connectivity index (χ1v) is 21.7. The Hall–Kier alpha value is -3.94. The molecule has 6 nitrogen and oxygen atoms in total. The molecule has 1 aliphatic heterocycles. The third kappa shape index (κ3) is 14.8. The molecule has 0 saturated carbocycles. The number of ether oxygens (including phenoxy) is 2. The largest absolute Gasteiger partial charge is 3.00 e. The summed E-state index contributed by atoms with van der Waals surface area (Å²) in [5.41, 5.74) is 23.1. The van der Waals surface area contributed by atoms with Crippen LogP contribution in [-0.4, -0.2) is 23.4 Å². The minimum atomic E-state index is -0.691. The molecule has 0 aliphatic carbocycles. The normalized spacial score (nSPS) is 13.2. The Morgan fingerprint density at radius 1 is 0.484 bits per heavy atom. The van der Waals surface area contributed by atoms with Gasteiger partial charge in [0.25, 0.3) is 0 Å². The number of benzene rings is 5. The molecule has 0 spiro atoms. The summed E-state index contributed by atoms with van der Waals surface area (Å²) in [7, 11) is 3.79. The van der Waals surface area contributed by atoms with Crippen molar-refractivity contribution in [3.05, 3.63) is 184 Å². The number of phenolic OH excluding ortho intramolecular Hbond substituents is 2. The third-order valence-electron chi connectivity index (χ3n) is 10.9. The smallest absolute Gasteiger partial charge is 0.674 e. The first-order chi connectivity index (χ1) is 28.5. The summed E-state index contributed by atoms with van der Waals surface area (Å²) >= 11 is 0. The van der Waals surface area contributed by atoms with Crippen LogP contribution in [0, 0.1) is 7.11 Å². The van der Waals surface area contributed by atoms with Crippen molar-refractivity contribution in [1.29, 1.82) is 0 Å². The Labute approximate surface area is 386 Å². The molecule has 6 rings (SSSR count). The van der Waals surface area contributed by atoms with E-state index in [0.717, 1.165) is 52.2 Å². The van der Waals surface area contributed by atoms with Crippen LogP contribution in [0.1, 0.15) is 152 Å². The van der Waals surface area contributed by atoms with Gasteiger partial charge in [-0.05, 0) is 91.0 Å². The van der Waals surface area contributed by atoms with Crippen molar-refractivity contribution < 1.29 is 36.8 Å². The maximum Gasteiger partial charge on any atom is 3.00 e. The molecule has 0 unspecified atom stereocenters. The Morgan fingerprint density at radius 2 is 0.790 bits per heavy atom. The Balaban J connectivity index is 0.000000299. The number of nitrogens with one attached hydrogen (secondary N) is 2. The Morgan fingerprint density at radius 3 is 0.984 bits per heavy atom. The van der Waals surface area contributed by atoms with Crippen LogP contribution in [0.15, 0.2) is 115 Å². The van der Waals surface area contributed by atoms with Gasteiger partial charge in [0.15, 0.2) is 0 Å². The second-order valence-corrected chi connectivity index (χ2v) is 20.0. The van der Waals surface area contributed by atoms with Crippen molar-refractivity contribution >= 4 is 0 Å². The van der Waals surface area contributed by atoms with Gasteiger partial charge in [-0.25, -0.2) is 7.11 Å². The van der Waals surface area contributed by atoms with Crippen LogP contribution in [0.4, 0.5) is 0 Å². The van der Waals surface area contributed by atoms with Gasteiger partial charge in [0, 0.05) is 13.2 Å². The molecule has 0 amide bonds. The van der Waals surface area contributed by atoms with Crippen LogP contribution < -0.4 is 0 Å². The van der Waals surface area contributed by atoms with Crippen LogP contribution in [-0.2, 0) is 66.9 Å². The molecule has 0 atom stereocenters. The van der Waals surface area contributed by atoms with Gasteiger partial charge < -0.3 is 31.2 Å². The van der Waals surface area contributed by atoms with E-state index in [-0.39, 0.29) is 51.8 Å².